The molecule has 4 rings (SSSR count). The lowest BCUT2D eigenvalue weighted by molar-refractivity contribution is -0.137. The van der Waals surface area contributed by atoms with E-state index in [1.165, 1.54) is 41.3 Å². The van der Waals surface area contributed by atoms with Gasteiger partial charge in [-0.3, -0.25) is 10.1 Å². The summed E-state index contributed by atoms with van der Waals surface area (Å²) in [4.78, 5) is 12.4. The van der Waals surface area contributed by atoms with Gasteiger partial charge in [0, 0.05) is 5.75 Å². The molecule has 31 heavy (non-hydrogen) atoms. The van der Waals surface area contributed by atoms with Crippen LogP contribution in [0.4, 0.5) is 18.3 Å². The first-order valence-corrected chi connectivity index (χ1v) is 10.6. The first-order valence-electron chi connectivity index (χ1n) is 8.81. The number of anilines is 1. The minimum absolute atomic E-state index is 0.148. The first kappa shape index (κ1) is 21.0. The van der Waals surface area contributed by atoms with Gasteiger partial charge in [0.1, 0.15) is 0 Å². The Kier molecular flexibility index (Phi) is 6.00. The lowest BCUT2D eigenvalue weighted by atomic mass is 10.1. The number of carbonyl (C=O) groups is 1. The zero-order valence-corrected chi connectivity index (χ0v) is 17.2. The van der Waals surface area contributed by atoms with Crippen LogP contribution in [-0.2, 0) is 11.9 Å². The van der Waals surface area contributed by atoms with E-state index in [0.717, 1.165) is 22.5 Å². The monoisotopic (exact) mass is 462 g/mol. The summed E-state index contributed by atoms with van der Waals surface area (Å²) in [5.74, 6) is 0.0580. The van der Waals surface area contributed by atoms with Crippen molar-refractivity contribution in [3.05, 3.63) is 77.6 Å². The number of carbonyl (C=O) groups excluding carboxylic acids is 1. The number of nitrogens with zero attached hydrogens (tertiary/aromatic N) is 5. The molecule has 158 valence electrons. The van der Waals surface area contributed by atoms with Crippen molar-refractivity contribution in [1.82, 2.24) is 25.2 Å². The summed E-state index contributed by atoms with van der Waals surface area (Å²) in [6.07, 6.45) is -3.43. The van der Waals surface area contributed by atoms with Crippen LogP contribution in [-0.4, -0.2) is 31.1 Å². The minimum atomic E-state index is -4.56. The van der Waals surface area contributed by atoms with E-state index in [9.17, 15) is 18.0 Å². The average Bonchev–Trinajstić information content (AvgIpc) is 3.42. The molecule has 7 nitrogen and oxygen atoms in total. The van der Waals surface area contributed by atoms with Crippen LogP contribution < -0.4 is 5.32 Å². The predicted octanol–water partition coefficient (Wildman–Crippen LogP) is 4.68. The molecule has 0 atom stereocenters. The van der Waals surface area contributed by atoms with E-state index in [1.807, 2.05) is 30.3 Å². The van der Waals surface area contributed by atoms with Crippen molar-refractivity contribution < 1.29 is 18.0 Å². The second-order valence-electron chi connectivity index (χ2n) is 6.16. The average molecular weight is 462 g/mol. The van der Waals surface area contributed by atoms with Crippen molar-refractivity contribution in [1.29, 1.82) is 0 Å². The highest BCUT2D eigenvalue weighted by molar-refractivity contribution is 8.00. The maximum Gasteiger partial charge on any atom is 0.418 e. The molecule has 12 heteroatoms. The summed E-state index contributed by atoms with van der Waals surface area (Å²) in [7, 11) is 0. The molecule has 4 aromatic rings. The Bertz CT molecular complexity index is 1190. The first-order chi connectivity index (χ1) is 14.9. The van der Waals surface area contributed by atoms with Crippen molar-refractivity contribution in [2.24, 2.45) is 0 Å². The van der Waals surface area contributed by atoms with Crippen LogP contribution in [0.2, 0.25) is 0 Å². The number of amides is 1. The largest absolute Gasteiger partial charge is 0.418 e. The van der Waals surface area contributed by atoms with Crippen LogP contribution >= 0.6 is 23.1 Å². The van der Waals surface area contributed by atoms with Gasteiger partial charge in [-0.05, 0) is 17.7 Å². The van der Waals surface area contributed by atoms with E-state index >= 15 is 0 Å². The number of hydrogen-bond donors (Lipinski definition) is 1. The van der Waals surface area contributed by atoms with Crippen molar-refractivity contribution >= 4 is 34.1 Å². The molecule has 2 heterocycles. The molecule has 2 aromatic heterocycles. The standard InChI is InChI=1S/C19H13F3N6OS2/c20-19(21,22)13-8-4-5-9-15(13)28-10-14(24-27-28)16(29)23-17-25-26-18(31-17)30-11-12-6-2-1-3-7-12/h1-10H,11H2,(H,23,25,29). The quantitative estimate of drug-likeness (QED) is 0.331. The van der Waals surface area contributed by atoms with Crippen molar-refractivity contribution in [3.8, 4) is 5.69 Å². The third-order valence-corrected chi connectivity index (χ3v) is 6.06. The number of halogens is 3. The lowest BCUT2D eigenvalue weighted by Gasteiger charge is -2.11. The molecular weight excluding hydrogens is 449 g/mol. The smallest absolute Gasteiger partial charge is 0.295 e. The Labute approximate surface area is 182 Å². The Balaban J connectivity index is 1.43. The maximum absolute atomic E-state index is 13.2. The number of nitrogens with one attached hydrogen (secondary N) is 1. The number of benzene rings is 2. The van der Waals surface area contributed by atoms with Gasteiger partial charge in [-0.1, -0.05) is 70.8 Å². The van der Waals surface area contributed by atoms with Gasteiger partial charge < -0.3 is 0 Å². The molecule has 0 saturated heterocycles. The molecule has 0 aliphatic heterocycles. The van der Waals surface area contributed by atoms with Gasteiger partial charge >= 0.3 is 6.18 Å². The molecule has 1 amide bonds. The van der Waals surface area contributed by atoms with E-state index in [4.69, 9.17) is 0 Å². The number of hydrogen-bond acceptors (Lipinski definition) is 7. The molecule has 0 bridgehead atoms. The van der Waals surface area contributed by atoms with E-state index in [1.54, 1.807) is 0 Å². The third-order valence-electron chi connectivity index (χ3n) is 4.01. The van der Waals surface area contributed by atoms with Gasteiger partial charge in [-0.15, -0.1) is 15.3 Å². The van der Waals surface area contributed by atoms with Crippen LogP contribution in [0.15, 0.2) is 65.1 Å². The lowest BCUT2D eigenvalue weighted by Crippen LogP contribution is -2.12. The van der Waals surface area contributed by atoms with Crippen LogP contribution in [0.25, 0.3) is 5.69 Å². The van der Waals surface area contributed by atoms with Gasteiger partial charge in [0.15, 0.2) is 10.0 Å². The predicted molar refractivity (Wildman–Crippen MR) is 110 cm³/mol. The number of aromatic nitrogens is 5. The molecule has 0 radical (unpaired) electrons. The van der Waals surface area contributed by atoms with E-state index in [-0.39, 0.29) is 16.5 Å². The fraction of sp³-hybridized carbons (Fsp3) is 0.105. The Morgan fingerprint density at radius 3 is 2.55 bits per heavy atom. The van der Waals surface area contributed by atoms with E-state index < -0.39 is 17.6 Å². The maximum atomic E-state index is 13.2. The summed E-state index contributed by atoms with van der Waals surface area (Å²) < 4.78 is 41.2. The summed E-state index contributed by atoms with van der Waals surface area (Å²) in [6.45, 7) is 0. The van der Waals surface area contributed by atoms with Gasteiger partial charge in [0.25, 0.3) is 5.91 Å². The van der Waals surface area contributed by atoms with Crippen LogP contribution in [0.1, 0.15) is 21.6 Å². The Morgan fingerprint density at radius 1 is 1.03 bits per heavy atom. The number of alkyl halides is 3. The molecule has 0 spiro atoms. The molecule has 0 unspecified atom stereocenters. The van der Waals surface area contributed by atoms with E-state index in [2.05, 4.69) is 25.8 Å². The second-order valence-corrected chi connectivity index (χ2v) is 8.36. The summed E-state index contributed by atoms with van der Waals surface area (Å²) >= 11 is 2.67. The molecule has 0 aliphatic carbocycles. The highest BCUT2D eigenvalue weighted by atomic mass is 32.2. The van der Waals surface area contributed by atoms with Crippen LogP contribution in [0.3, 0.4) is 0 Å². The Morgan fingerprint density at radius 2 is 1.77 bits per heavy atom. The van der Waals surface area contributed by atoms with Gasteiger partial charge in [0.2, 0.25) is 5.13 Å². The topological polar surface area (TPSA) is 85.6 Å². The molecule has 0 fully saturated rings. The summed E-state index contributed by atoms with van der Waals surface area (Å²) in [5, 5.41) is 18.1. The minimum Gasteiger partial charge on any atom is -0.295 e. The van der Waals surface area contributed by atoms with Crippen LogP contribution in [0, 0.1) is 0 Å². The summed E-state index contributed by atoms with van der Waals surface area (Å²) in [6, 6.07) is 14.7. The SMILES string of the molecule is O=C(Nc1nnc(SCc2ccccc2)s1)c1cn(-c2ccccc2C(F)(F)F)nn1. The highest BCUT2D eigenvalue weighted by Gasteiger charge is 2.34. The normalized spacial score (nSPS) is 11.5. The Hall–Kier alpha value is -3.25. The van der Waals surface area contributed by atoms with E-state index in [0.29, 0.717) is 10.1 Å². The summed E-state index contributed by atoms with van der Waals surface area (Å²) in [5.41, 5.74) is -0.122. The fourth-order valence-corrected chi connectivity index (χ4v) is 4.30. The van der Waals surface area contributed by atoms with Gasteiger partial charge in [-0.2, -0.15) is 13.2 Å². The molecular formula is C19H13F3N6OS2. The second kappa shape index (κ2) is 8.86. The van der Waals surface area contributed by atoms with Gasteiger partial charge in [-0.25, -0.2) is 4.68 Å². The van der Waals surface area contributed by atoms with Crippen molar-refractivity contribution in [2.45, 2.75) is 16.3 Å². The highest BCUT2D eigenvalue weighted by Crippen LogP contribution is 2.33. The van der Waals surface area contributed by atoms with Gasteiger partial charge in [0.05, 0.1) is 17.4 Å². The zero-order chi connectivity index (χ0) is 21.8. The number of para-hydroxylation sites is 1. The zero-order valence-electron chi connectivity index (χ0n) is 15.6. The fourth-order valence-electron chi connectivity index (χ4n) is 2.60. The molecule has 0 aliphatic rings. The van der Waals surface area contributed by atoms with Crippen molar-refractivity contribution in [2.75, 3.05) is 5.32 Å². The third kappa shape index (κ3) is 5.09. The molecule has 1 N–H and O–H groups in total. The van der Waals surface area contributed by atoms with Crippen LogP contribution in [0.5, 0.6) is 0 Å². The van der Waals surface area contributed by atoms with Crippen molar-refractivity contribution in [3.63, 3.8) is 0 Å². The molecule has 0 saturated carbocycles. The number of rotatable bonds is 6. The molecule has 2 aromatic carbocycles. The number of thioether (sulfide) groups is 1.